The van der Waals surface area contributed by atoms with E-state index in [1.807, 2.05) is 34.9 Å². The Labute approximate surface area is 160 Å². The first-order valence-corrected chi connectivity index (χ1v) is 10.3. The van der Waals surface area contributed by atoms with Gasteiger partial charge in [0.15, 0.2) is 5.96 Å². The van der Waals surface area contributed by atoms with Crippen molar-refractivity contribution in [2.45, 2.75) is 19.5 Å². The highest BCUT2D eigenvalue weighted by atomic mass is 32.2. The van der Waals surface area contributed by atoms with Crippen LogP contribution in [0.15, 0.2) is 47.7 Å². The molecule has 3 rings (SSSR count). The van der Waals surface area contributed by atoms with Gasteiger partial charge in [0.1, 0.15) is 0 Å². The lowest BCUT2D eigenvalue weighted by Gasteiger charge is -2.28. The quantitative estimate of drug-likeness (QED) is 0.443. The summed E-state index contributed by atoms with van der Waals surface area (Å²) in [4.78, 5) is 6.76. The van der Waals surface area contributed by atoms with Crippen LogP contribution < -0.4 is 15.5 Å². The van der Waals surface area contributed by atoms with Gasteiger partial charge in [-0.15, -0.1) is 0 Å². The number of rotatable bonds is 7. The first kappa shape index (κ1) is 18.6. The Bertz CT molecular complexity index is 662. The summed E-state index contributed by atoms with van der Waals surface area (Å²) in [6.07, 6.45) is 4.80. The van der Waals surface area contributed by atoms with E-state index < -0.39 is 0 Å². The van der Waals surface area contributed by atoms with Gasteiger partial charge >= 0.3 is 0 Å². The molecule has 0 aliphatic carbocycles. The highest BCUT2D eigenvalue weighted by molar-refractivity contribution is 7.99. The van der Waals surface area contributed by atoms with Crippen molar-refractivity contribution in [2.24, 2.45) is 4.99 Å². The van der Waals surface area contributed by atoms with Gasteiger partial charge < -0.3 is 15.5 Å². The lowest BCUT2D eigenvalue weighted by Crippen LogP contribution is -2.37. The molecule has 1 aliphatic heterocycles. The zero-order valence-corrected chi connectivity index (χ0v) is 16.2. The molecule has 7 heteroatoms. The predicted molar refractivity (Wildman–Crippen MR) is 111 cm³/mol. The summed E-state index contributed by atoms with van der Waals surface area (Å²) < 4.78 is 1.94. The van der Waals surface area contributed by atoms with E-state index in [9.17, 15) is 0 Å². The Kier molecular flexibility index (Phi) is 7.25. The summed E-state index contributed by atoms with van der Waals surface area (Å²) in [5.74, 6) is 3.29. The fraction of sp³-hybridized carbons (Fsp3) is 0.474. The minimum Gasteiger partial charge on any atom is -0.370 e. The normalized spacial score (nSPS) is 15.1. The second-order valence-corrected chi connectivity index (χ2v) is 7.47. The minimum atomic E-state index is 0.773. The number of benzene rings is 1. The third kappa shape index (κ3) is 5.69. The molecule has 1 fully saturated rings. The number of aromatic nitrogens is 2. The lowest BCUT2D eigenvalue weighted by molar-refractivity contribution is 0.570. The fourth-order valence-electron chi connectivity index (χ4n) is 2.93. The second kappa shape index (κ2) is 10.1. The van der Waals surface area contributed by atoms with E-state index >= 15 is 0 Å². The zero-order valence-electron chi connectivity index (χ0n) is 15.4. The molecule has 0 bridgehead atoms. The molecule has 2 N–H and O–H groups in total. The standard InChI is InChI=1S/C19H28N6S/c1-20-19(21-8-2-10-25-11-3-9-23-25)22-16-17-4-6-18(7-5-17)24-12-14-26-15-13-24/h3-7,9,11H,2,8,10,12-16H2,1H3,(H2,20,21,22). The molecule has 6 nitrogen and oxygen atoms in total. The molecular formula is C19H28N6S. The molecule has 2 aromatic rings. The number of anilines is 1. The molecule has 1 aromatic heterocycles. The third-order valence-corrected chi connectivity index (χ3v) is 5.35. The van der Waals surface area contributed by atoms with Crippen LogP contribution in [-0.2, 0) is 13.1 Å². The van der Waals surface area contributed by atoms with Gasteiger partial charge in [0.25, 0.3) is 0 Å². The van der Waals surface area contributed by atoms with Gasteiger partial charge in [-0.3, -0.25) is 9.67 Å². The number of nitrogens with zero attached hydrogens (tertiary/aromatic N) is 4. The Morgan fingerprint density at radius 1 is 1.19 bits per heavy atom. The number of hydrogen-bond donors (Lipinski definition) is 2. The molecular weight excluding hydrogens is 344 g/mol. The highest BCUT2D eigenvalue weighted by Gasteiger charge is 2.10. The monoisotopic (exact) mass is 372 g/mol. The zero-order chi connectivity index (χ0) is 18.0. The van der Waals surface area contributed by atoms with Crippen LogP contribution >= 0.6 is 11.8 Å². The molecule has 0 spiro atoms. The number of aliphatic imine (C=N–C) groups is 1. The van der Waals surface area contributed by atoms with Crippen LogP contribution in [0, 0.1) is 0 Å². The average molecular weight is 373 g/mol. The van der Waals surface area contributed by atoms with E-state index in [-0.39, 0.29) is 0 Å². The van der Waals surface area contributed by atoms with Crippen molar-refractivity contribution < 1.29 is 0 Å². The topological polar surface area (TPSA) is 57.5 Å². The highest BCUT2D eigenvalue weighted by Crippen LogP contribution is 2.19. The molecule has 2 heterocycles. The minimum absolute atomic E-state index is 0.773. The van der Waals surface area contributed by atoms with Gasteiger partial charge in [0.05, 0.1) is 0 Å². The summed E-state index contributed by atoms with van der Waals surface area (Å²) in [6, 6.07) is 10.8. The number of aryl methyl sites for hydroxylation is 1. The van der Waals surface area contributed by atoms with Gasteiger partial charge in [-0.2, -0.15) is 16.9 Å². The summed E-state index contributed by atoms with van der Waals surface area (Å²) in [7, 11) is 1.81. The number of thioether (sulfide) groups is 1. The van der Waals surface area contributed by atoms with Crippen molar-refractivity contribution in [3.05, 3.63) is 48.3 Å². The maximum atomic E-state index is 4.29. The summed E-state index contributed by atoms with van der Waals surface area (Å²) in [5.41, 5.74) is 2.59. The van der Waals surface area contributed by atoms with Gasteiger partial charge in [0.2, 0.25) is 0 Å². The lowest BCUT2D eigenvalue weighted by atomic mass is 10.2. The van der Waals surface area contributed by atoms with Crippen LogP contribution in [-0.4, -0.2) is 53.9 Å². The van der Waals surface area contributed by atoms with Crippen LogP contribution in [0.4, 0.5) is 5.69 Å². The van der Waals surface area contributed by atoms with Crippen LogP contribution in [0.2, 0.25) is 0 Å². The van der Waals surface area contributed by atoms with E-state index in [1.165, 1.54) is 22.8 Å². The molecule has 1 saturated heterocycles. The molecule has 0 amide bonds. The molecule has 0 atom stereocenters. The largest absolute Gasteiger partial charge is 0.370 e. The van der Waals surface area contributed by atoms with E-state index in [4.69, 9.17) is 0 Å². The van der Waals surface area contributed by atoms with Crippen molar-refractivity contribution in [2.75, 3.05) is 43.1 Å². The molecule has 1 aliphatic rings. The Morgan fingerprint density at radius 2 is 2.00 bits per heavy atom. The molecule has 0 unspecified atom stereocenters. The second-order valence-electron chi connectivity index (χ2n) is 6.24. The van der Waals surface area contributed by atoms with Crippen molar-refractivity contribution in [1.82, 2.24) is 20.4 Å². The first-order chi connectivity index (χ1) is 12.8. The van der Waals surface area contributed by atoms with E-state index in [0.717, 1.165) is 45.1 Å². The SMILES string of the molecule is CN=C(NCCCn1cccn1)NCc1ccc(N2CCSCC2)cc1. The van der Waals surface area contributed by atoms with Gasteiger partial charge in [-0.1, -0.05) is 12.1 Å². The summed E-state index contributed by atoms with van der Waals surface area (Å²) in [6.45, 7) is 4.85. The molecule has 1 aromatic carbocycles. The van der Waals surface area contributed by atoms with Crippen molar-refractivity contribution in [3.8, 4) is 0 Å². The van der Waals surface area contributed by atoms with Crippen LogP contribution in [0.3, 0.4) is 0 Å². The maximum Gasteiger partial charge on any atom is 0.191 e. The smallest absolute Gasteiger partial charge is 0.191 e. The Hall–Kier alpha value is -2.15. The van der Waals surface area contributed by atoms with Crippen LogP contribution in [0.5, 0.6) is 0 Å². The van der Waals surface area contributed by atoms with Gasteiger partial charge in [0, 0.05) is 69.4 Å². The molecule has 0 saturated carbocycles. The summed E-state index contributed by atoms with van der Waals surface area (Å²) in [5, 5.41) is 10.9. The first-order valence-electron chi connectivity index (χ1n) is 9.19. The Morgan fingerprint density at radius 3 is 2.69 bits per heavy atom. The summed E-state index contributed by atoms with van der Waals surface area (Å²) >= 11 is 2.04. The number of nitrogens with one attached hydrogen (secondary N) is 2. The van der Waals surface area contributed by atoms with E-state index in [0.29, 0.717) is 0 Å². The van der Waals surface area contributed by atoms with Crippen LogP contribution in [0.1, 0.15) is 12.0 Å². The van der Waals surface area contributed by atoms with Crippen LogP contribution in [0.25, 0.3) is 0 Å². The van der Waals surface area contributed by atoms with E-state index in [1.54, 1.807) is 7.05 Å². The van der Waals surface area contributed by atoms with Crippen molar-refractivity contribution >= 4 is 23.4 Å². The number of guanidine groups is 1. The molecule has 0 radical (unpaired) electrons. The third-order valence-electron chi connectivity index (χ3n) is 4.41. The molecule has 140 valence electrons. The van der Waals surface area contributed by atoms with Gasteiger partial charge in [-0.05, 0) is 30.2 Å². The van der Waals surface area contributed by atoms with Gasteiger partial charge in [-0.25, -0.2) is 0 Å². The maximum absolute atomic E-state index is 4.29. The number of hydrogen-bond acceptors (Lipinski definition) is 4. The van der Waals surface area contributed by atoms with Crippen molar-refractivity contribution in [1.29, 1.82) is 0 Å². The Balaban J connectivity index is 1.38. The van der Waals surface area contributed by atoms with E-state index in [2.05, 4.69) is 49.9 Å². The van der Waals surface area contributed by atoms with Crippen molar-refractivity contribution in [3.63, 3.8) is 0 Å². The fourth-order valence-corrected chi connectivity index (χ4v) is 3.84. The average Bonchev–Trinajstić information content (AvgIpc) is 3.22. The predicted octanol–water partition coefficient (Wildman–Crippen LogP) is 2.19. The molecule has 26 heavy (non-hydrogen) atoms.